The number of hydrogen-bond donors (Lipinski definition) is 2. The van der Waals surface area contributed by atoms with Gasteiger partial charge in [0.05, 0.1) is 0 Å². The van der Waals surface area contributed by atoms with E-state index in [0.717, 1.165) is 24.2 Å². The first kappa shape index (κ1) is 11.5. The number of aryl methyl sites for hydroxylation is 3. The average molecular weight is 226 g/mol. The summed E-state index contributed by atoms with van der Waals surface area (Å²) in [6.45, 7) is 2.05. The minimum Gasteiger partial charge on any atom is -0.399 e. The van der Waals surface area contributed by atoms with Crippen LogP contribution < -0.4 is 11.5 Å². The Hall–Kier alpha value is -1.96. The average Bonchev–Trinajstić information content (AvgIpc) is 2.30. The minimum absolute atomic E-state index is 0.859. The molecule has 0 aliphatic heterocycles. The van der Waals surface area contributed by atoms with E-state index >= 15 is 0 Å². The zero-order chi connectivity index (χ0) is 12.3. The molecule has 0 saturated carbocycles. The molecule has 2 aromatic rings. The van der Waals surface area contributed by atoms with Crippen LogP contribution in [0.3, 0.4) is 0 Å². The Morgan fingerprint density at radius 2 is 1.47 bits per heavy atom. The Kier molecular flexibility index (Phi) is 3.33. The lowest BCUT2D eigenvalue weighted by Crippen LogP contribution is -2.00. The van der Waals surface area contributed by atoms with Crippen LogP contribution in [-0.2, 0) is 12.8 Å². The fraction of sp³-hybridized carbons (Fsp3) is 0.200. The Morgan fingerprint density at radius 3 is 2.12 bits per heavy atom. The molecule has 0 aliphatic rings. The normalized spacial score (nSPS) is 10.4. The van der Waals surface area contributed by atoms with Crippen molar-refractivity contribution in [2.45, 2.75) is 19.8 Å². The lowest BCUT2D eigenvalue weighted by Gasteiger charge is -2.08. The first-order valence-corrected chi connectivity index (χ1v) is 5.85. The largest absolute Gasteiger partial charge is 0.399 e. The molecule has 0 bridgehead atoms. The van der Waals surface area contributed by atoms with E-state index in [1.165, 1.54) is 16.7 Å². The predicted octanol–water partition coefficient (Wildman–Crippen LogP) is 2.94. The number of hydrogen-bond acceptors (Lipinski definition) is 2. The van der Waals surface area contributed by atoms with Crippen LogP contribution in [0.15, 0.2) is 42.5 Å². The van der Waals surface area contributed by atoms with E-state index < -0.39 is 0 Å². The molecule has 0 fully saturated rings. The molecule has 2 nitrogen and oxygen atoms in total. The third-order valence-corrected chi connectivity index (χ3v) is 3.02. The van der Waals surface area contributed by atoms with Gasteiger partial charge in [-0.3, -0.25) is 0 Å². The molecule has 0 aromatic heterocycles. The van der Waals surface area contributed by atoms with Gasteiger partial charge in [-0.05, 0) is 48.6 Å². The molecule has 17 heavy (non-hydrogen) atoms. The van der Waals surface area contributed by atoms with Crippen LogP contribution in [-0.4, -0.2) is 0 Å². The second-order valence-electron chi connectivity index (χ2n) is 4.40. The highest BCUT2D eigenvalue weighted by atomic mass is 14.6. The number of nitrogen functional groups attached to an aromatic ring is 2. The van der Waals surface area contributed by atoms with E-state index in [1.807, 2.05) is 24.3 Å². The van der Waals surface area contributed by atoms with Crippen molar-refractivity contribution in [2.75, 3.05) is 11.5 Å². The molecule has 0 heterocycles. The topological polar surface area (TPSA) is 52.0 Å². The van der Waals surface area contributed by atoms with Gasteiger partial charge in [-0.2, -0.15) is 0 Å². The van der Waals surface area contributed by atoms with Crippen molar-refractivity contribution in [3.8, 4) is 0 Å². The second kappa shape index (κ2) is 4.91. The third-order valence-electron chi connectivity index (χ3n) is 3.02. The van der Waals surface area contributed by atoms with Gasteiger partial charge < -0.3 is 11.5 Å². The van der Waals surface area contributed by atoms with E-state index in [9.17, 15) is 0 Å². The Bertz CT molecular complexity index is 518. The minimum atomic E-state index is 0.859. The molecule has 0 unspecified atom stereocenters. The Morgan fingerprint density at radius 1 is 0.824 bits per heavy atom. The van der Waals surface area contributed by atoms with Crippen molar-refractivity contribution in [1.29, 1.82) is 0 Å². The fourth-order valence-electron chi connectivity index (χ4n) is 1.97. The molecule has 4 N–H and O–H groups in total. The standard InChI is InChI=1S/C15H18N2/c1-11-6-7-13(15(17)10-11)9-8-12-4-2-3-5-14(12)16/h2-7,10H,8-9,16-17H2,1H3. The van der Waals surface area contributed by atoms with Crippen LogP contribution in [0.25, 0.3) is 0 Å². The quantitative estimate of drug-likeness (QED) is 0.791. The van der Waals surface area contributed by atoms with Crippen molar-refractivity contribution in [3.05, 3.63) is 59.2 Å². The molecule has 0 saturated heterocycles. The van der Waals surface area contributed by atoms with Crippen molar-refractivity contribution in [1.82, 2.24) is 0 Å². The van der Waals surface area contributed by atoms with Crippen LogP contribution in [0.5, 0.6) is 0 Å². The van der Waals surface area contributed by atoms with Crippen LogP contribution in [0.2, 0.25) is 0 Å². The number of para-hydroxylation sites is 1. The van der Waals surface area contributed by atoms with E-state index in [0.29, 0.717) is 0 Å². The lowest BCUT2D eigenvalue weighted by molar-refractivity contribution is 0.965. The molecule has 2 aromatic carbocycles. The van der Waals surface area contributed by atoms with Gasteiger partial charge >= 0.3 is 0 Å². The summed E-state index contributed by atoms with van der Waals surface area (Å²) in [5, 5.41) is 0. The number of rotatable bonds is 3. The summed E-state index contributed by atoms with van der Waals surface area (Å²) in [6, 6.07) is 14.2. The smallest absolute Gasteiger partial charge is 0.0349 e. The molecule has 0 aliphatic carbocycles. The second-order valence-corrected chi connectivity index (χ2v) is 4.40. The molecule has 88 valence electrons. The highest BCUT2D eigenvalue weighted by Crippen LogP contribution is 2.18. The van der Waals surface area contributed by atoms with Crippen LogP contribution in [0.1, 0.15) is 16.7 Å². The summed E-state index contributed by atoms with van der Waals surface area (Å²) in [5.74, 6) is 0. The lowest BCUT2D eigenvalue weighted by atomic mass is 10.0. The van der Waals surface area contributed by atoms with Gasteiger partial charge in [-0.1, -0.05) is 30.3 Å². The monoisotopic (exact) mass is 226 g/mol. The predicted molar refractivity (Wildman–Crippen MR) is 73.9 cm³/mol. The van der Waals surface area contributed by atoms with Gasteiger partial charge in [-0.15, -0.1) is 0 Å². The summed E-state index contributed by atoms with van der Waals surface area (Å²) in [4.78, 5) is 0. The summed E-state index contributed by atoms with van der Waals surface area (Å²) in [7, 11) is 0. The molecular formula is C15H18N2. The summed E-state index contributed by atoms with van der Waals surface area (Å²) >= 11 is 0. The van der Waals surface area contributed by atoms with Crippen molar-refractivity contribution in [2.24, 2.45) is 0 Å². The maximum absolute atomic E-state index is 5.99. The molecule has 2 heteroatoms. The molecule has 0 amide bonds. The first-order chi connectivity index (χ1) is 8.16. The van der Waals surface area contributed by atoms with Crippen LogP contribution in [0.4, 0.5) is 11.4 Å². The highest BCUT2D eigenvalue weighted by molar-refractivity contribution is 5.51. The van der Waals surface area contributed by atoms with E-state index in [2.05, 4.69) is 25.1 Å². The van der Waals surface area contributed by atoms with Crippen molar-refractivity contribution in [3.63, 3.8) is 0 Å². The summed E-state index contributed by atoms with van der Waals surface area (Å²) in [5.41, 5.74) is 17.2. The molecular weight excluding hydrogens is 208 g/mol. The zero-order valence-electron chi connectivity index (χ0n) is 10.1. The maximum Gasteiger partial charge on any atom is 0.0349 e. The molecule has 0 radical (unpaired) electrons. The maximum atomic E-state index is 5.99. The SMILES string of the molecule is Cc1ccc(CCc2ccccc2N)c(N)c1. The summed E-state index contributed by atoms with van der Waals surface area (Å²) in [6.07, 6.45) is 1.86. The Balaban J connectivity index is 2.10. The molecule has 2 rings (SSSR count). The van der Waals surface area contributed by atoms with Gasteiger partial charge in [0, 0.05) is 11.4 Å². The van der Waals surface area contributed by atoms with Gasteiger partial charge in [0.15, 0.2) is 0 Å². The van der Waals surface area contributed by atoms with E-state index in [-0.39, 0.29) is 0 Å². The van der Waals surface area contributed by atoms with Gasteiger partial charge in [0.25, 0.3) is 0 Å². The zero-order valence-corrected chi connectivity index (χ0v) is 10.1. The van der Waals surface area contributed by atoms with E-state index in [1.54, 1.807) is 0 Å². The Labute approximate surface area is 102 Å². The van der Waals surface area contributed by atoms with Crippen LogP contribution in [0, 0.1) is 6.92 Å². The van der Waals surface area contributed by atoms with E-state index in [4.69, 9.17) is 11.5 Å². The number of benzene rings is 2. The first-order valence-electron chi connectivity index (χ1n) is 5.85. The highest BCUT2D eigenvalue weighted by Gasteiger charge is 2.02. The summed E-state index contributed by atoms with van der Waals surface area (Å²) < 4.78 is 0. The van der Waals surface area contributed by atoms with Crippen LogP contribution >= 0.6 is 0 Å². The van der Waals surface area contributed by atoms with Gasteiger partial charge in [0.1, 0.15) is 0 Å². The number of nitrogens with two attached hydrogens (primary N) is 2. The molecule has 0 atom stereocenters. The van der Waals surface area contributed by atoms with Gasteiger partial charge in [-0.25, -0.2) is 0 Å². The third kappa shape index (κ3) is 2.78. The van der Waals surface area contributed by atoms with Crippen molar-refractivity contribution < 1.29 is 0 Å². The molecule has 0 spiro atoms. The van der Waals surface area contributed by atoms with Gasteiger partial charge in [0.2, 0.25) is 0 Å². The van der Waals surface area contributed by atoms with Crippen molar-refractivity contribution >= 4 is 11.4 Å². The fourth-order valence-corrected chi connectivity index (χ4v) is 1.97. The number of anilines is 2.